The average molecular weight is 356 g/mol. The number of H-pyrrole nitrogens is 1. The van der Waals surface area contributed by atoms with Crippen molar-refractivity contribution in [2.24, 2.45) is 0 Å². The third-order valence-electron chi connectivity index (χ3n) is 3.92. The van der Waals surface area contributed by atoms with Gasteiger partial charge in [-0.05, 0) is 42.5 Å². The fraction of sp³-hybridized carbons (Fsp3) is 0.0588. The Kier molecular flexibility index (Phi) is 3.43. The van der Waals surface area contributed by atoms with Gasteiger partial charge in [-0.1, -0.05) is 0 Å². The van der Waals surface area contributed by atoms with Crippen LogP contribution in [0.15, 0.2) is 53.6 Å². The Balaban J connectivity index is 1.87. The highest BCUT2D eigenvalue weighted by Crippen LogP contribution is 2.30. The number of hydrogen-bond donors (Lipinski definition) is 2. The maximum Gasteiger partial charge on any atom is 0.175 e. The van der Waals surface area contributed by atoms with Crippen molar-refractivity contribution in [3.63, 3.8) is 0 Å². The number of anilines is 2. The molecule has 0 radical (unpaired) electrons. The van der Waals surface area contributed by atoms with E-state index in [0.717, 1.165) is 6.26 Å². The first-order valence-electron chi connectivity index (χ1n) is 7.41. The summed E-state index contributed by atoms with van der Waals surface area (Å²) >= 11 is 0. The molecule has 2 N–H and O–H groups in total. The number of sulfone groups is 1. The van der Waals surface area contributed by atoms with Crippen LogP contribution in [-0.4, -0.2) is 29.9 Å². The maximum absolute atomic E-state index is 13.5. The molecule has 4 rings (SSSR count). The van der Waals surface area contributed by atoms with Crippen LogP contribution in [0.25, 0.3) is 21.8 Å². The van der Waals surface area contributed by atoms with Crippen LogP contribution >= 0.6 is 0 Å². The van der Waals surface area contributed by atoms with E-state index in [1.165, 1.54) is 18.2 Å². The Labute approximate surface area is 142 Å². The van der Waals surface area contributed by atoms with E-state index in [-0.39, 0.29) is 10.7 Å². The van der Waals surface area contributed by atoms with E-state index in [9.17, 15) is 12.8 Å². The number of benzene rings is 2. The maximum atomic E-state index is 13.5. The standard InChI is InChI=1S/C17H13FN4O2S/c1-25(23,24)11-3-5-14-12(9-11)15(6-7-19-14)20-17-13-8-10(18)2-4-16(13)21-22-17/h2-9H,1H3,(H2,19,20,21,22). The van der Waals surface area contributed by atoms with Gasteiger partial charge in [-0.25, -0.2) is 12.8 Å². The molecule has 126 valence electrons. The van der Waals surface area contributed by atoms with Gasteiger partial charge in [0.05, 0.1) is 21.6 Å². The molecule has 6 nitrogen and oxygen atoms in total. The van der Waals surface area contributed by atoms with Crippen molar-refractivity contribution in [3.05, 3.63) is 54.5 Å². The highest BCUT2D eigenvalue weighted by Gasteiger charge is 2.12. The molecule has 8 heteroatoms. The van der Waals surface area contributed by atoms with Crippen LogP contribution in [0.3, 0.4) is 0 Å². The second kappa shape index (κ2) is 5.52. The Morgan fingerprint density at radius 2 is 1.92 bits per heavy atom. The van der Waals surface area contributed by atoms with Crippen molar-refractivity contribution < 1.29 is 12.8 Å². The molecule has 0 saturated heterocycles. The molecule has 25 heavy (non-hydrogen) atoms. The van der Waals surface area contributed by atoms with E-state index in [1.807, 2.05) is 0 Å². The quantitative estimate of drug-likeness (QED) is 0.587. The number of nitrogens with one attached hydrogen (secondary N) is 2. The fourth-order valence-electron chi connectivity index (χ4n) is 2.67. The van der Waals surface area contributed by atoms with E-state index in [0.29, 0.717) is 33.3 Å². The first-order chi connectivity index (χ1) is 11.9. The topological polar surface area (TPSA) is 87.7 Å². The van der Waals surface area contributed by atoms with Crippen molar-refractivity contribution in [2.45, 2.75) is 4.90 Å². The number of fused-ring (bicyclic) bond motifs is 2. The highest BCUT2D eigenvalue weighted by atomic mass is 32.2. The predicted molar refractivity (Wildman–Crippen MR) is 94.2 cm³/mol. The molecule has 0 spiro atoms. The molecule has 2 heterocycles. The third-order valence-corrected chi connectivity index (χ3v) is 5.03. The lowest BCUT2D eigenvalue weighted by atomic mass is 10.2. The van der Waals surface area contributed by atoms with Crippen molar-refractivity contribution in [1.82, 2.24) is 15.2 Å². The zero-order valence-electron chi connectivity index (χ0n) is 13.1. The van der Waals surface area contributed by atoms with Gasteiger partial charge in [-0.15, -0.1) is 0 Å². The highest BCUT2D eigenvalue weighted by molar-refractivity contribution is 7.90. The van der Waals surface area contributed by atoms with Gasteiger partial charge in [0.15, 0.2) is 15.7 Å². The van der Waals surface area contributed by atoms with Gasteiger partial charge >= 0.3 is 0 Å². The minimum atomic E-state index is -3.34. The fourth-order valence-corrected chi connectivity index (χ4v) is 3.32. The minimum absolute atomic E-state index is 0.203. The molecule has 0 saturated carbocycles. The normalized spacial score (nSPS) is 11.9. The number of nitrogens with zero attached hydrogens (tertiary/aromatic N) is 2. The van der Waals surface area contributed by atoms with Crippen molar-refractivity contribution in [1.29, 1.82) is 0 Å². The smallest absolute Gasteiger partial charge is 0.175 e. The molecule has 0 aliphatic heterocycles. The van der Waals surface area contributed by atoms with Crippen molar-refractivity contribution in [3.8, 4) is 0 Å². The molecule has 0 aliphatic carbocycles. The SMILES string of the molecule is CS(=O)(=O)c1ccc2nccc(Nc3n[nH]c4ccc(F)cc34)c2c1. The molecular formula is C17H13FN4O2S. The first-order valence-corrected chi connectivity index (χ1v) is 9.30. The molecule has 0 fully saturated rings. The molecule has 0 bridgehead atoms. The van der Waals surface area contributed by atoms with E-state index in [2.05, 4.69) is 20.5 Å². The zero-order valence-corrected chi connectivity index (χ0v) is 13.9. The van der Waals surface area contributed by atoms with Gasteiger partial charge in [-0.2, -0.15) is 5.10 Å². The van der Waals surface area contributed by atoms with Crippen LogP contribution < -0.4 is 5.32 Å². The number of aromatic amines is 1. The van der Waals surface area contributed by atoms with Gasteiger partial charge in [0.2, 0.25) is 0 Å². The number of hydrogen-bond acceptors (Lipinski definition) is 5. The lowest BCUT2D eigenvalue weighted by Crippen LogP contribution is -1.98. The van der Waals surface area contributed by atoms with Gasteiger partial charge < -0.3 is 5.32 Å². The second-order valence-corrected chi connectivity index (χ2v) is 7.71. The van der Waals surface area contributed by atoms with E-state index >= 15 is 0 Å². The number of halogens is 1. The summed E-state index contributed by atoms with van der Waals surface area (Å²) in [5.74, 6) is 0.0858. The van der Waals surface area contributed by atoms with Crippen LogP contribution in [0.4, 0.5) is 15.9 Å². The van der Waals surface area contributed by atoms with Gasteiger partial charge in [0.25, 0.3) is 0 Å². The van der Waals surface area contributed by atoms with E-state index in [4.69, 9.17) is 0 Å². The largest absolute Gasteiger partial charge is 0.338 e. The molecule has 4 aromatic rings. The van der Waals surface area contributed by atoms with Gasteiger partial charge in [0.1, 0.15) is 5.82 Å². The molecule has 0 unspecified atom stereocenters. The number of aromatic nitrogens is 3. The summed E-state index contributed by atoms with van der Waals surface area (Å²) < 4.78 is 37.2. The summed E-state index contributed by atoms with van der Waals surface area (Å²) in [5.41, 5.74) is 1.97. The van der Waals surface area contributed by atoms with Crippen LogP contribution in [0, 0.1) is 5.82 Å². The summed E-state index contributed by atoms with van der Waals surface area (Å²) in [4.78, 5) is 4.45. The number of rotatable bonds is 3. The van der Waals surface area contributed by atoms with Crippen LogP contribution in [-0.2, 0) is 9.84 Å². The van der Waals surface area contributed by atoms with Gasteiger partial charge in [-0.3, -0.25) is 10.1 Å². The molecular weight excluding hydrogens is 343 g/mol. The van der Waals surface area contributed by atoms with Crippen molar-refractivity contribution >= 4 is 43.1 Å². The zero-order chi connectivity index (χ0) is 17.6. The minimum Gasteiger partial charge on any atom is -0.338 e. The molecule has 2 aromatic carbocycles. The van der Waals surface area contributed by atoms with Gasteiger partial charge in [0, 0.05) is 23.2 Å². The Morgan fingerprint density at radius 1 is 1.08 bits per heavy atom. The summed E-state index contributed by atoms with van der Waals surface area (Å²) in [5, 5.41) is 11.4. The summed E-state index contributed by atoms with van der Waals surface area (Å²) in [6.45, 7) is 0. The molecule has 2 aromatic heterocycles. The predicted octanol–water partition coefficient (Wildman–Crippen LogP) is 3.40. The average Bonchev–Trinajstić information content (AvgIpc) is 2.96. The third kappa shape index (κ3) is 2.80. The first kappa shape index (κ1) is 15.5. The Bertz CT molecular complexity index is 1220. The second-order valence-electron chi connectivity index (χ2n) is 5.70. The summed E-state index contributed by atoms with van der Waals surface area (Å²) in [6, 6.07) is 10.8. The lowest BCUT2D eigenvalue weighted by molar-refractivity contribution is 0.602. The lowest BCUT2D eigenvalue weighted by Gasteiger charge is -2.09. The summed E-state index contributed by atoms with van der Waals surface area (Å²) in [6.07, 6.45) is 2.77. The number of pyridine rings is 1. The van der Waals surface area contributed by atoms with Crippen LogP contribution in [0.1, 0.15) is 0 Å². The Hall–Kier alpha value is -3.00. The van der Waals surface area contributed by atoms with Crippen molar-refractivity contribution in [2.75, 3.05) is 11.6 Å². The molecule has 0 amide bonds. The van der Waals surface area contributed by atoms with E-state index in [1.54, 1.807) is 30.5 Å². The van der Waals surface area contributed by atoms with Crippen LogP contribution in [0.2, 0.25) is 0 Å². The van der Waals surface area contributed by atoms with E-state index < -0.39 is 9.84 Å². The molecule has 0 atom stereocenters. The molecule has 0 aliphatic rings. The monoisotopic (exact) mass is 356 g/mol. The summed E-state index contributed by atoms with van der Waals surface area (Å²) in [7, 11) is -3.34. The van der Waals surface area contributed by atoms with Crippen LogP contribution in [0.5, 0.6) is 0 Å². The Morgan fingerprint density at radius 3 is 2.72 bits per heavy atom.